The lowest BCUT2D eigenvalue weighted by atomic mass is 10.1. The molecule has 0 radical (unpaired) electrons. The first-order chi connectivity index (χ1) is 15.8. The molecule has 0 spiro atoms. The van der Waals surface area contributed by atoms with Crippen LogP contribution in [0.3, 0.4) is 0 Å². The molecule has 2 aromatic heterocycles. The van der Waals surface area contributed by atoms with Crippen LogP contribution in [0, 0.1) is 30.9 Å². The quantitative estimate of drug-likeness (QED) is 0.245. The lowest BCUT2D eigenvalue weighted by Gasteiger charge is -2.17. The standard InChI is InChI=1S/C25H24N4O4/c1-5-18-8-6-7-15(2)24(18)28-16(3)11-20(17(28)4)14-26-27-25(30)23-13-19-12-21(29(31)32)9-10-22(19)33-23/h6-14H,5H2,1-4H3,(H,27,30)/b26-14+. The van der Waals surface area contributed by atoms with Gasteiger partial charge in [0, 0.05) is 34.5 Å². The third kappa shape index (κ3) is 4.15. The Balaban J connectivity index is 1.56. The lowest BCUT2D eigenvalue weighted by molar-refractivity contribution is -0.384. The van der Waals surface area contributed by atoms with E-state index in [2.05, 4.69) is 47.1 Å². The Labute approximate surface area is 190 Å². The molecule has 4 rings (SSSR count). The molecule has 168 valence electrons. The van der Waals surface area contributed by atoms with Crippen molar-refractivity contribution in [3.05, 3.63) is 92.5 Å². The Hall–Kier alpha value is -4.20. The Morgan fingerprint density at radius 1 is 1.18 bits per heavy atom. The maximum Gasteiger partial charge on any atom is 0.307 e. The minimum atomic E-state index is -0.536. The number of nitro benzene ring substituents is 1. The zero-order chi connectivity index (χ0) is 23.7. The van der Waals surface area contributed by atoms with Crippen LogP contribution >= 0.6 is 0 Å². The van der Waals surface area contributed by atoms with Crippen molar-refractivity contribution < 1.29 is 14.1 Å². The van der Waals surface area contributed by atoms with Crippen molar-refractivity contribution in [2.24, 2.45) is 5.10 Å². The van der Waals surface area contributed by atoms with Crippen molar-refractivity contribution in [2.75, 3.05) is 0 Å². The van der Waals surface area contributed by atoms with E-state index in [4.69, 9.17) is 4.42 Å². The van der Waals surface area contributed by atoms with Crippen LogP contribution in [0.5, 0.6) is 0 Å². The molecule has 0 aliphatic heterocycles. The monoisotopic (exact) mass is 444 g/mol. The van der Waals surface area contributed by atoms with Crippen molar-refractivity contribution in [2.45, 2.75) is 34.1 Å². The maximum absolute atomic E-state index is 12.5. The van der Waals surface area contributed by atoms with Crippen LogP contribution in [0.4, 0.5) is 5.69 Å². The smallest absolute Gasteiger partial charge is 0.307 e. The van der Waals surface area contributed by atoms with Crippen molar-refractivity contribution >= 4 is 28.8 Å². The van der Waals surface area contributed by atoms with Crippen LogP contribution in [0.15, 0.2) is 58.0 Å². The fraction of sp³-hybridized carbons (Fsp3) is 0.200. The zero-order valence-electron chi connectivity index (χ0n) is 18.9. The number of nitro groups is 1. The number of hydrazone groups is 1. The van der Waals surface area contributed by atoms with E-state index in [1.165, 1.54) is 41.1 Å². The Bertz CT molecular complexity index is 1410. The second-order valence-corrected chi connectivity index (χ2v) is 7.89. The molecule has 33 heavy (non-hydrogen) atoms. The predicted octanol–water partition coefficient (Wildman–Crippen LogP) is 5.38. The molecule has 0 aliphatic rings. The molecule has 4 aromatic rings. The van der Waals surface area contributed by atoms with Gasteiger partial charge in [0.25, 0.3) is 5.69 Å². The van der Waals surface area contributed by atoms with Gasteiger partial charge in [-0.25, -0.2) is 5.43 Å². The Morgan fingerprint density at radius 3 is 2.70 bits per heavy atom. The van der Waals surface area contributed by atoms with Crippen molar-refractivity contribution in [3.8, 4) is 5.69 Å². The molecule has 0 fully saturated rings. The second-order valence-electron chi connectivity index (χ2n) is 7.89. The average Bonchev–Trinajstić information content (AvgIpc) is 3.34. The lowest BCUT2D eigenvalue weighted by Crippen LogP contribution is -2.16. The van der Waals surface area contributed by atoms with E-state index in [1.807, 2.05) is 19.9 Å². The molecule has 0 unspecified atom stereocenters. The predicted molar refractivity (Wildman–Crippen MR) is 127 cm³/mol. The molecule has 1 amide bonds. The van der Waals surface area contributed by atoms with Gasteiger partial charge in [-0.1, -0.05) is 25.1 Å². The Morgan fingerprint density at radius 2 is 1.97 bits per heavy atom. The van der Waals surface area contributed by atoms with Gasteiger partial charge >= 0.3 is 5.91 Å². The highest BCUT2D eigenvalue weighted by atomic mass is 16.6. The largest absolute Gasteiger partial charge is 0.451 e. The van der Waals surface area contributed by atoms with Gasteiger partial charge in [0.05, 0.1) is 16.8 Å². The molecule has 0 saturated carbocycles. The van der Waals surface area contributed by atoms with Gasteiger partial charge < -0.3 is 8.98 Å². The number of nitrogens with zero attached hydrogens (tertiary/aromatic N) is 3. The molecule has 0 atom stereocenters. The van der Waals surface area contributed by atoms with Crippen LogP contribution in [0.25, 0.3) is 16.7 Å². The minimum Gasteiger partial charge on any atom is -0.451 e. The molecule has 0 bridgehead atoms. The van der Waals surface area contributed by atoms with Crippen LogP contribution < -0.4 is 5.43 Å². The number of carbonyl (C=O) groups excluding carboxylic acids is 1. The summed E-state index contributed by atoms with van der Waals surface area (Å²) < 4.78 is 7.71. The summed E-state index contributed by atoms with van der Waals surface area (Å²) >= 11 is 0. The molecule has 0 aliphatic carbocycles. The van der Waals surface area contributed by atoms with Crippen LogP contribution in [0.1, 0.15) is 45.6 Å². The number of rotatable bonds is 6. The molecule has 0 saturated heterocycles. The average molecular weight is 444 g/mol. The number of nitrogens with one attached hydrogen (secondary N) is 1. The number of benzene rings is 2. The number of amides is 1. The first-order valence-corrected chi connectivity index (χ1v) is 10.6. The summed E-state index contributed by atoms with van der Waals surface area (Å²) in [5.74, 6) is -0.508. The van der Waals surface area contributed by atoms with Gasteiger partial charge in [0.2, 0.25) is 0 Å². The number of para-hydroxylation sites is 1. The van der Waals surface area contributed by atoms with Crippen LogP contribution in [-0.4, -0.2) is 21.6 Å². The number of non-ortho nitro benzene ring substituents is 1. The van der Waals surface area contributed by atoms with E-state index in [-0.39, 0.29) is 11.4 Å². The summed E-state index contributed by atoms with van der Waals surface area (Å²) in [6.07, 6.45) is 2.53. The molecule has 8 nitrogen and oxygen atoms in total. The summed E-state index contributed by atoms with van der Waals surface area (Å²) in [4.78, 5) is 22.9. The van der Waals surface area contributed by atoms with E-state index in [0.29, 0.717) is 11.0 Å². The molecular weight excluding hydrogens is 420 g/mol. The third-order valence-corrected chi connectivity index (χ3v) is 5.70. The summed E-state index contributed by atoms with van der Waals surface area (Å²) in [6, 6.07) is 14.0. The normalized spacial score (nSPS) is 11.4. The van der Waals surface area contributed by atoms with E-state index in [1.54, 1.807) is 6.21 Å². The highest BCUT2D eigenvalue weighted by molar-refractivity contribution is 5.97. The number of furan rings is 1. The molecule has 8 heteroatoms. The van der Waals surface area contributed by atoms with Crippen molar-refractivity contribution in [3.63, 3.8) is 0 Å². The number of hydrogen-bond donors (Lipinski definition) is 1. The number of hydrogen-bond acceptors (Lipinski definition) is 5. The van der Waals surface area contributed by atoms with Gasteiger partial charge in [0.15, 0.2) is 5.76 Å². The molecule has 2 aromatic carbocycles. The number of carbonyl (C=O) groups is 1. The topological polar surface area (TPSA) is 103 Å². The van der Waals surface area contributed by atoms with Crippen LogP contribution in [0.2, 0.25) is 0 Å². The van der Waals surface area contributed by atoms with Gasteiger partial charge in [-0.2, -0.15) is 5.10 Å². The fourth-order valence-corrected chi connectivity index (χ4v) is 4.06. The first-order valence-electron chi connectivity index (χ1n) is 10.6. The van der Waals surface area contributed by atoms with E-state index >= 15 is 0 Å². The SMILES string of the molecule is CCc1cccc(C)c1-n1c(C)cc(/C=N/NC(=O)c2cc3cc([N+](=O)[O-])ccc3o2)c1C. The molecular formula is C25H24N4O4. The second kappa shape index (κ2) is 8.74. The highest BCUT2D eigenvalue weighted by Crippen LogP contribution is 2.27. The van der Waals surface area contributed by atoms with Gasteiger partial charge in [-0.15, -0.1) is 0 Å². The number of aromatic nitrogens is 1. The minimum absolute atomic E-state index is 0.0284. The fourth-order valence-electron chi connectivity index (χ4n) is 4.06. The van der Waals surface area contributed by atoms with E-state index < -0.39 is 10.8 Å². The number of fused-ring (bicyclic) bond motifs is 1. The van der Waals surface area contributed by atoms with Crippen molar-refractivity contribution in [1.29, 1.82) is 0 Å². The van der Waals surface area contributed by atoms with Crippen LogP contribution in [-0.2, 0) is 6.42 Å². The van der Waals surface area contributed by atoms with Crippen molar-refractivity contribution in [1.82, 2.24) is 9.99 Å². The zero-order valence-corrected chi connectivity index (χ0v) is 18.9. The van der Waals surface area contributed by atoms with E-state index in [0.717, 1.165) is 23.4 Å². The molecule has 1 N–H and O–H groups in total. The Kier molecular flexibility index (Phi) is 5.83. The molecule has 2 heterocycles. The summed E-state index contributed by atoms with van der Waals surface area (Å²) in [5.41, 5.74) is 9.40. The van der Waals surface area contributed by atoms with E-state index in [9.17, 15) is 14.9 Å². The third-order valence-electron chi connectivity index (χ3n) is 5.70. The highest BCUT2D eigenvalue weighted by Gasteiger charge is 2.16. The summed E-state index contributed by atoms with van der Waals surface area (Å²) in [7, 11) is 0. The van der Waals surface area contributed by atoms with Gasteiger partial charge in [0.1, 0.15) is 5.58 Å². The summed E-state index contributed by atoms with van der Waals surface area (Å²) in [5, 5.41) is 15.5. The number of aryl methyl sites for hydroxylation is 3. The van der Waals surface area contributed by atoms with Gasteiger partial charge in [-0.05, 0) is 56.5 Å². The summed E-state index contributed by atoms with van der Waals surface area (Å²) in [6.45, 7) is 8.31. The van der Waals surface area contributed by atoms with Gasteiger partial charge in [-0.3, -0.25) is 14.9 Å². The first kappa shape index (κ1) is 22.0. The maximum atomic E-state index is 12.5.